The van der Waals surface area contributed by atoms with Crippen molar-refractivity contribution in [3.05, 3.63) is 76.5 Å². The van der Waals surface area contributed by atoms with E-state index in [1.54, 1.807) is 25.3 Å². The zero-order valence-corrected chi connectivity index (χ0v) is 16.3. The van der Waals surface area contributed by atoms with Gasteiger partial charge in [0.1, 0.15) is 11.2 Å². The lowest BCUT2D eigenvalue weighted by molar-refractivity contribution is -0.144. The molecule has 1 unspecified atom stereocenters. The molecule has 1 N–H and O–H groups in total. The second-order valence-electron chi connectivity index (χ2n) is 7.09. The largest absolute Gasteiger partial charge is 0.336 e. The second kappa shape index (κ2) is 7.69. The minimum absolute atomic E-state index is 0.156. The molecule has 2 aromatic carbocycles. The van der Waals surface area contributed by atoms with Gasteiger partial charge in [0.25, 0.3) is 11.8 Å². The van der Waals surface area contributed by atoms with Crippen LogP contribution in [0.4, 0.5) is 0 Å². The van der Waals surface area contributed by atoms with Crippen LogP contribution in [0.1, 0.15) is 35.6 Å². The summed E-state index contributed by atoms with van der Waals surface area (Å²) in [5.41, 5.74) is 2.25. The molecule has 0 spiro atoms. The van der Waals surface area contributed by atoms with Crippen LogP contribution in [0.2, 0.25) is 0 Å². The maximum Gasteiger partial charge on any atom is 0.268 e. The summed E-state index contributed by atoms with van der Waals surface area (Å²) in [4.78, 5) is 27.7. The van der Waals surface area contributed by atoms with Crippen molar-refractivity contribution >= 4 is 17.9 Å². The maximum absolute atomic E-state index is 13.3. The molecule has 0 aliphatic carbocycles. The number of aryl methyl sites for hydroxylation is 1. The van der Waals surface area contributed by atoms with Gasteiger partial charge in [0.2, 0.25) is 0 Å². The average Bonchev–Trinajstić information content (AvgIpc) is 2.70. The summed E-state index contributed by atoms with van der Waals surface area (Å²) in [6.07, 6.45) is 2.54. The van der Waals surface area contributed by atoms with Gasteiger partial charge in [-0.15, -0.1) is 0 Å². The number of likely N-dealkylation sites (N-methyl/N-ethyl adjacent to an activating group) is 1. The quantitative estimate of drug-likeness (QED) is 0.837. The van der Waals surface area contributed by atoms with Crippen molar-refractivity contribution < 1.29 is 9.59 Å². The second-order valence-corrected chi connectivity index (χ2v) is 7.09. The molecule has 0 radical (unpaired) electrons. The zero-order chi connectivity index (χ0) is 20.3. The summed E-state index contributed by atoms with van der Waals surface area (Å²) in [7, 11) is 1.62. The summed E-state index contributed by atoms with van der Waals surface area (Å²) in [5.74, 6) is -0.469. The fourth-order valence-corrected chi connectivity index (χ4v) is 3.62. The van der Waals surface area contributed by atoms with E-state index in [0.717, 1.165) is 11.1 Å². The standard InChI is InChI=1S/C23H23N3O2/c1-4-23(14-17-10-6-5-7-11-17)22(28)26(3)20(21(27)25-23)13-19-16(2)9-8-12-18(19)15-24/h5-13H,4,14H2,1-3H3,(H,25,27)/b20-13+. The molecule has 1 saturated heterocycles. The third kappa shape index (κ3) is 3.41. The van der Waals surface area contributed by atoms with Crippen LogP contribution in [-0.4, -0.2) is 29.3 Å². The molecule has 1 fully saturated rings. The van der Waals surface area contributed by atoms with Crippen molar-refractivity contribution in [1.82, 2.24) is 10.2 Å². The molecular weight excluding hydrogens is 350 g/mol. The fourth-order valence-electron chi connectivity index (χ4n) is 3.62. The Bertz CT molecular complexity index is 989. The van der Waals surface area contributed by atoms with E-state index in [-0.39, 0.29) is 17.5 Å². The highest BCUT2D eigenvalue weighted by atomic mass is 16.2. The molecule has 2 aromatic rings. The van der Waals surface area contributed by atoms with Gasteiger partial charge in [-0.2, -0.15) is 5.26 Å². The van der Waals surface area contributed by atoms with Crippen LogP contribution < -0.4 is 5.32 Å². The molecule has 1 heterocycles. The highest BCUT2D eigenvalue weighted by Crippen LogP contribution is 2.28. The van der Waals surface area contributed by atoms with Crippen LogP contribution in [0.15, 0.2) is 54.2 Å². The van der Waals surface area contributed by atoms with E-state index < -0.39 is 5.54 Å². The summed E-state index contributed by atoms with van der Waals surface area (Å²) in [6, 6.07) is 17.2. The van der Waals surface area contributed by atoms with Crippen molar-refractivity contribution in [2.45, 2.75) is 32.2 Å². The molecule has 28 heavy (non-hydrogen) atoms. The number of carbonyl (C=O) groups is 2. The van der Waals surface area contributed by atoms with E-state index in [1.807, 2.05) is 50.2 Å². The SMILES string of the molecule is CCC1(Cc2ccccc2)NC(=O)/C(=C\c2c(C)cccc2C#N)N(C)C1=O. The number of amides is 2. The van der Waals surface area contributed by atoms with E-state index in [1.165, 1.54) is 4.90 Å². The smallest absolute Gasteiger partial charge is 0.268 e. The van der Waals surface area contributed by atoms with Gasteiger partial charge < -0.3 is 10.2 Å². The van der Waals surface area contributed by atoms with E-state index in [0.29, 0.717) is 24.0 Å². The molecular formula is C23H23N3O2. The lowest BCUT2D eigenvalue weighted by Gasteiger charge is -2.41. The van der Waals surface area contributed by atoms with Gasteiger partial charge in [0.15, 0.2) is 0 Å². The number of rotatable bonds is 4. The first-order valence-corrected chi connectivity index (χ1v) is 9.28. The summed E-state index contributed by atoms with van der Waals surface area (Å²) >= 11 is 0. The van der Waals surface area contributed by atoms with Gasteiger partial charge in [-0.1, -0.05) is 49.4 Å². The number of hydrogen-bond donors (Lipinski definition) is 1. The third-order valence-electron chi connectivity index (χ3n) is 5.34. The number of carbonyl (C=O) groups excluding carboxylic acids is 2. The zero-order valence-electron chi connectivity index (χ0n) is 16.3. The lowest BCUT2D eigenvalue weighted by atomic mass is 9.84. The Morgan fingerprint density at radius 3 is 2.50 bits per heavy atom. The van der Waals surface area contributed by atoms with Gasteiger partial charge in [-0.25, -0.2) is 0 Å². The first kappa shape index (κ1) is 19.4. The highest BCUT2D eigenvalue weighted by molar-refractivity contribution is 6.09. The van der Waals surface area contributed by atoms with E-state index in [9.17, 15) is 14.9 Å². The van der Waals surface area contributed by atoms with Gasteiger partial charge >= 0.3 is 0 Å². The van der Waals surface area contributed by atoms with Crippen molar-refractivity contribution in [2.24, 2.45) is 0 Å². The number of piperazine rings is 1. The Balaban J connectivity index is 2.00. The van der Waals surface area contributed by atoms with Gasteiger partial charge in [-0.3, -0.25) is 9.59 Å². The third-order valence-corrected chi connectivity index (χ3v) is 5.34. The molecule has 5 nitrogen and oxygen atoms in total. The predicted molar refractivity (Wildman–Crippen MR) is 108 cm³/mol. The summed E-state index contributed by atoms with van der Waals surface area (Å²) in [5, 5.41) is 12.3. The van der Waals surface area contributed by atoms with Crippen molar-refractivity contribution in [2.75, 3.05) is 7.05 Å². The Kier molecular flexibility index (Phi) is 5.32. The molecule has 1 aliphatic heterocycles. The average molecular weight is 373 g/mol. The maximum atomic E-state index is 13.3. The Morgan fingerprint density at radius 2 is 1.86 bits per heavy atom. The molecule has 1 atom stereocenters. The van der Waals surface area contributed by atoms with Crippen LogP contribution in [-0.2, 0) is 16.0 Å². The van der Waals surface area contributed by atoms with E-state index in [2.05, 4.69) is 11.4 Å². The predicted octanol–water partition coefficient (Wildman–Crippen LogP) is 3.19. The number of nitrogens with zero attached hydrogens (tertiary/aromatic N) is 2. The minimum atomic E-state index is -0.978. The van der Waals surface area contributed by atoms with Crippen molar-refractivity contribution in [3.63, 3.8) is 0 Å². The molecule has 0 saturated carbocycles. The molecule has 2 amide bonds. The van der Waals surface area contributed by atoms with Crippen LogP contribution in [0.3, 0.4) is 0 Å². The van der Waals surface area contributed by atoms with Crippen LogP contribution in [0, 0.1) is 18.3 Å². The van der Waals surface area contributed by atoms with E-state index >= 15 is 0 Å². The topological polar surface area (TPSA) is 73.2 Å². The minimum Gasteiger partial charge on any atom is -0.336 e. The monoisotopic (exact) mass is 373 g/mol. The Labute approximate surface area is 165 Å². The summed E-state index contributed by atoms with van der Waals surface area (Å²) < 4.78 is 0. The van der Waals surface area contributed by atoms with Crippen LogP contribution in [0.5, 0.6) is 0 Å². The molecule has 3 rings (SSSR count). The normalized spacial score (nSPS) is 20.8. The first-order chi connectivity index (χ1) is 13.4. The van der Waals surface area contributed by atoms with Gasteiger partial charge in [0.05, 0.1) is 11.6 Å². The van der Waals surface area contributed by atoms with Crippen molar-refractivity contribution in [1.29, 1.82) is 5.26 Å². The molecule has 0 aromatic heterocycles. The Hall–Kier alpha value is -3.39. The Morgan fingerprint density at radius 1 is 1.14 bits per heavy atom. The van der Waals surface area contributed by atoms with Gasteiger partial charge in [0, 0.05) is 13.5 Å². The van der Waals surface area contributed by atoms with E-state index in [4.69, 9.17) is 0 Å². The first-order valence-electron chi connectivity index (χ1n) is 9.28. The number of benzene rings is 2. The summed E-state index contributed by atoms with van der Waals surface area (Å²) in [6.45, 7) is 3.78. The molecule has 5 heteroatoms. The number of nitrogens with one attached hydrogen (secondary N) is 1. The lowest BCUT2D eigenvalue weighted by Crippen LogP contribution is -2.65. The number of nitriles is 1. The van der Waals surface area contributed by atoms with Crippen LogP contribution >= 0.6 is 0 Å². The fraction of sp³-hybridized carbons (Fsp3) is 0.261. The van der Waals surface area contributed by atoms with Crippen molar-refractivity contribution in [3.8, 4) is 6.07 Å². The van der Waals surface area contributed by atoms with Crippen LogP contribution in [0.25, 0.3) is 6.08 Å². The van der Waals surface area contributed by atoms with Gasteiger partial charge in [-0.05, 0) is 42.2 Å². The molecule has 142 valence electrons. The molecule has 0 bridgehead atoms. The highest BCUT2D eigenvalue weighted by Gasteiger charge is 2.46. The number of hydrogen-bond acceptors (Lipinski definition) is 3. The molecule has 1 aliphatic rings.